The highest BCUT2D eigenvalue weighted by molar-refractivity contribution is 6.00. The van der Waals surface area contributed by atoms with Crippen LogP contribution in [0.3, 0.4) is 0 Å². The van der Waals surface area contributed by atoms with E-state index < -0.39 is 0 Å². The molecule has 0 saturated carbocycles. The highest BCUT2D eigenvalue weighted by Gasteiger charge is 2.04. The first kappa shape index (κ1) is 15.5. The fraction of sp³-hybridized carbons (Fsp3) is 0.357. The minimum Gasteiger partial charge on any atom is -0.484 e. The van der Waals surface area contributed by atoms with Gasteiger partial charge in [0, 0.05) is 6.54 Å². The molecule has 106 valence electrons. The summed E-state index contributed by atoms with van der Waals surface area (Å²) in [6.07, 6.45) is 0.902. The highest BCUT2D eigenvalue weighted by Crippen LogP contribution is 2.13. The molecule has 6 heteroatoms. The molecular formula is C14H17N3O3. The Morgan fingerprint density at radius 1 is 1.45 bits per heavy atom. The number of carbonyl (C=O) groups is 1. The largest absolute Gasteiger partial charge is 0.484 e. The summed E-state index contributed by atoms with van der Waals surface area (Å²) < 4.78 is 5.30. The van der Waals surface area contributed by atoms with Crippen LogP contribution in [0.15, 0.2) is 29.4 Å². The lowest BCUT2D eigenvalue weighted by molar-refractivity contribution is -0.123. The van der Waals surface area contributed by atoms with E-state index >= 15 is 0 Å². The second-order valence-electron chi connectivity index (χ2n) is 3.97. The molecule has 6 nitrogen and oxygen atoms in total. The molecule has 0 aliphatic carbocycles. The van der Waals surface area contributed by atoms with E-state index in [0.29, 0.717) is 24.4 Å². The van der Waals surface area contributed by atoms with Crippen LogP contribution in [0.25, 0.3) is 0 Å². The van der Waals surface area contributed by atoms with Crippen molar-refractivity contribution >= 4 is 11.6 Å². The molecule has 2 N–H and O–H groups in total. The number of ether oxygens (including phenoxy) is 1. The molecule has 0 unspecified atom stereocenters. The molecule has 0 bridgehead atoms. The molecule has 0 aliphatic rings. The predicted octanol–water partition coefficient (Wildman–Crippen LogP) is 1.68. The van der Waals surface area contributed by atoms with Gasteiger partial charge in [-0.05, 0) is 36.2 Å². The molecule has 0 aromatic heterocycles. The van der Waals surface area contributed by atoms with Gasteiger partial charge in [-0.15, -0.1) is 0 Å². The lowest BCUT2D eigenvalue weighted by Gasteiger charge is -2.07. The molecule has 0 heterocycles. The minimum absolute atomic E-state index is 0.0977. The first-order valence-electron chi connectivity index (χ1n) is 6.29. The monoisotopic (exact) mass is 275 g/mol. The Hall–Kier alpha value is -2.55. The molecular weight excluding hydrogens is 258 g/mol. The topological polar surface area (TPSA) is 94.7 Å². The number of amides is 1. The number of nitrogens with one attached hydrogen (secondary N) is 1. The van der Waals surface area contributed by atoms with E-state index in [9.17, 15) is 4.79 Å². The SMILES string of the molecule is CC/C(=N\O)c1ccc(OCC(=O)NCCC#N)cc1. The lowest BCUT2D eigenvalue weighted by atomic mass is 10.1. The molecule has 0 saturated heterocycles. The number of carbonyl (C=O) groups excluding carboxylic acids is 1. The molecule has 0 atom stereocenters. The van der Waals surface area contributed by atoms with Crippen molar-refractivity contribution in [1.29, 1.82) is 5.26 Å². The minimum atomic E-state index is -0.268. The van der Waals surface area contributed by atoms with E-state index in [-0.39, 0.29) is 18.9 Å². The van der Waals surface area contributed by atoms with Gasteiger partial charge in [0.25, 0.3) is 5.91 Å². The third-order valence-electron chi connectivity index (χ3n) is 2.57. The Morgan fingerprint density at radius 2 is 2.15 bits per heavy atom. The van der Waals surface area contributed by atoms with Crippen molar-refractivity contribution in [3.63, 3.8) is 0 Å². The van der Waals surface area contributed by atoms with Crippen molar-refractivity contribution in [3.8, 4) is 11.8 Å². The van der Waals surface area contributed by atoms with Crippen molar-refractivity contribution in [3.05, 3.63) is 29.8 Å². The fourth-order valence-electron chi connectivity index (χ4n) is 1.53. The zero-order valence-electron chi connectivity index (χ0n) is 11.3. The van der Waals surface area contributed by atoms with Gasteiger partial charge in [-0.1, -0.05) is 12.1 Å². The van der Waals surface area contributed by atoms with Crippen LogP contribution < -0.4 is 10.1 Å². The number of rotatable bonds is 7. The second kappa shape index (κ2) is 8.53. The third-order valence-corrected chi connectivity index (χ3v) is 2.57. The summed E-state index contributed by atoms with van der Waals surface area (Å²) in [6.45, 7) is 2.12. The number of nitrogens with zero attached hydrogens (tertiary/aromatic N) is 2. The van der Waals surface area contributed by atoms with E-state index in [1.54, 1.807) is 24.3 Å². The van der Waals surface area contributed by atoms with Crippen molar-refractivity contribution in [1.82, 2.24) is 5.32 Å². The van der Waals surface area contributed by atoms with Crippen molar-refractivity contribution < 1.29 is 14.7 Å². The van der Waals surface area contributed by atoms with Crippen molar-refractivity contribution in [2.24, 2.45) is 5.16 Å². The Kier molecular flexibility index (Phi) is 6.62. The van der Waals surface area contributed by atoms with Gasteiger partial charge >= 0.3 is 0 Å². The Balaban J connectivity index is 2.46. The fourth-order valence-corrected chi connectivity index (χ4v) is 1.53. The summed E-state index contributed by atoms with van der Waals surface area (Å²) in [5.41, 5.74) is 1.40. The van der Waals surface area contributed by atoms with Crippen LogP contribution in [-0.4, -0.2) is 30.0 Å². The summed E-state index contributed by atoms with van der Waals surface area (Å²) >= 11 is 0. The van der Waals surface area contributed by atoms with E-state index in [2.05, 4.69) is 10.5 Å². The predicted molar refractivity (Wildman–Crippen MR) is 73.8 cm³/mol. The van der Waals surface area contributed by atoms with Gasteiger partial charge in [0.15, 0.2) is 6.61 Å². The van der Waals surface area contributed by atoms with Crippen molar-refractivity contribution in [2.75, 3.05) is 13.2 Å². The van der Waals surface area contributed by atoms with Crippen LogP contribution in [0.5, 0.6) is 5.75 Å². The molecule has 1 aromatic carbocycles. The average Bonchev–Trinajstić information content (AvgIpc) is 2.48. The van der Waals surface area contributed by atoms with Crippen LogP contribution in [0, 0.1) is 11.3 Å². The molecule has 1 rings (SSSR count). The van der Waals surface area contributed by atoms with E-state index in [0.717, 1.165) is 5.56 Å². The van der Waals surface area contributed by atoms with Gasteiger partial charge in [-0.25, -0.2) is 0 Å². The molecule has 20 heavy (non-hydrogen) atoms. The summed E-state index contributed by atoms with van der Waals surface area (Å²) in [4.78, 5) is 11.4. The first-order chi connectivity index (χ1) is 9.71. The van der Waals surface area contributed by atoms with Crippen molar-refractivity contribution in [2.45, 2.75) is 19.8 Å². The lowest BCUT2D eigenvalue weighted by Crippen LogP contribution is -2.29. The van der Waals surface area contributed by atoms with Crippen LogP contribution in [0.1, 0.15) is 25.3 Å². The second-order valence-corrected chi connectivity index (χ2v) is 3.97. The van der Waals surface area contributed by atoms with E-state index in [1.165, 1.54) is 0 Å². The molecule has 0 radical (unpaired) electrons. The third kappa shape index (κ3) is 4.98. The number of benzene rings is 1. The first-order valence-corrected chi connectivity index (χ1v) is 6.29. The van der Waals surface area contributed by atoms with Crippen LogP contribution in [0.2, 0.25) is 0 Å². The molecule has 0 spiro atoms. The highest BCUT2D eigenvalue weighted by atomic mass is 16.5. The summed E-state index contributed by atoms with van der Waals surface area (Å²) in [5, 5.41) is 22.9. The van der Waals surface area contributed by atoms with E-state index in [1.807, 2.05) is 13.0 Å². The maximum atomic E-state index is 11.4. The van der Waals surface area contributed by atoms with Crippen LogP contribution in [0.4, 0.5) is 0 Å². The summed E-state index contributed by atoms with van der Waals surface area (Å²) in [6, 6.07) is 8.88. The Morgan fingerprint density at radius 3 is 2.70 bits per heavy atom. The molecule has 1 aromatic rings. The van der Waals surface area contributed by atoms with Gasteiger partial charge < -0.3 is 15.3 Å². The average molecular weight is 275 g/mol. The van der Waals surface area contributed by atoms with E-state index in [4.69, 9.17) is 15.2 Å². The van der Waals surface area contributed by atoms with Crippen LogP contribution >= 0.6 is 0 Å². The van der Waals surface area contributed by atoms with Gasteiger partial charge in [0.2, 0.25) is 0 Å². The number of oxime groups is 1. The maximum Gasteiger partial charge on any atom is 0.257 e. The Bertz CT molecular complexity index is 503. The van der Waals surface area contributed by atoms with Gasteiger partial charge in [-0.3, -0.25) is 4.79 Å². The smallest absolute Gasteiger partial charge is 0.257 e. The van der Waals surface area contributed by atoms with Gasteiger partial charge in [-0.2, -0.15) is 5.26 Å². The molecule has 1 amide bonds. The van der Waals surface area contributed by atoms with Gasteiger partial charge in [0.1, 0.15) is 5.75 Å². The van der Waals surface area contributed by atoms with Gasteiger partial charge in [0.05, 0.1) is 18.2 Å². The quantitative estimate of drug-likeness (QED) is 0.342. The standard InChI is InChI=1S/C14H17N3O3/c1-2-13(17-19)11-4-6-12(7-5-11)20-10-14(18)16-9-3-8-15/h4-7,19H,2-3,9-10H2,1H3,(H,16,18)/b17-13+. The summed E-state index contributed by atoms with van der Waals surface area (Å²) in [5.74, 6) is 0.285. The Labute approximate surface area is 117 Å². The summed E-state index contributed by atoms with van der Waals surface area (Å²) in [7, 11) is 0. The molecule has 0 fully saturated rings. The number of hydrogen-bond acceptors (Lipinski definition) is 5. The zero-order valence-corrected chi connectivity index (χ0v) is 11.3. The maximum absolute atomic E-state index is 11.4. The number of hydrogen-bond donors (Lipinski definition) is 2. The molecule has 0 aliphatic heterocycles. The number of nitriles is 1. The van der Waals surface area contributed by atoms with Crippen LogP contribution in [-0.2, 0) is 4.79 Å². The normalized spacial score (nSPS) is 10.7. The zero-order chi connectivity index (χ0) is 14.8.